The quantitative estimate of drug-likeness (QED) is 0.832. The van der Waals surface area contributed by atoms with Crippen LogP contribution in [0.15, 0.2) is 12.4 Å². The summed E-state index contributed by atoms with van der Waals surface area (Å²) in [6.45, 7) is 2.08. The summed E-state index contributed by atoms with van der Waals surface area (Å²) in [5.41, 5.74) is 0. The number of nitrogens with zero attached hydrogens (tertiary/aromatic N) is 4. The molecule has 0 aliphatic carbocycles. The molecule has 6 nitrogen and oxygen atoms in total. The molecule has 0 bridgehead atoms. The Balaban J connectivity index is 1.76. The van der Waals surface area contributed by atoms with Crippen molar-refractivity contribution in [3.63, 3.8) is 0 Å². The lowest BCUT2D eigenvalue weighted by molar-refractivity contribution is 0.572. The first-order valence-corrected chi connectivity index (χ1v) is 9.37. The maximum Gasteiger partial charge on any atom is 0.152 e. The lowest BCUT2D eigenvalue weighted by atomic mass is 10.1. The van der Waals surface area contributed by atoms with Crippen molar-refractivity contribution in [1.29, 1.82) is 0 Å². The highest BCUT2D eigenvalue weighted by Gasteiger charge is 2.31. The van der Waals surface area contributed by atoms with E-state index in [2.05, 4.69) is 14.9 Å². The van der Waals surface area contributed by atoms with Crippen LogP contribution in [0.4, 0.5) is 11.6 Å². The van der Waals surface area contributed by atoms with Crippen LogP contribution < -0.4 is 9.80 Å². The number of sulfone groups is 1. The number of piperidine rings is 1. The molecular weight excluding hydrogens is 288 g/mol. The van der Waals surface area contributed by atoms with E-state index >= 15 is 0 Å². The fourth-order valence-corrected chi connectivity index (χ4v) is 4.87. The Morgan fingerprint density at radius 1 is 1.24 bits per heavy atom. The maximum atomic E-state index is 11.6. The van der Waals surface area contributed by atoms with Crippen molar-refractivity contribution in [3.8, 4) is 0 Å². The van der Waals surface area contributed by atoms with Crippen molar-refractivity contribution < 1.29 is 8.42 Å². The van der Waals surface area contributed by atoms with Crippen LogP contribution >= 0.6 is 0 Å². The molecule has 3 heterocycles. The molecule has 0 amide bonds. The van der Waals surface area contributed by atoms with Gasteiger partial charge in [-0.1, -0.05) is 0 Å². The van der Waals surface area contributed by atoms with Crippen LogP contribution in [-0.2, 0) is 9.84 Å². The lowest BCUT2D eigenvalue weighted by Crippen LogP contribution is -2.34. The van der Waals surface area contributed by atoms with Gasteiger partial charge in [-0.3, -0.25) is 0 Å². The molecule has 116 valence electrons. The van der Waals surface area contributed by atoms with Crippen LogP contribution in [0.25, 0.3) is 0 Å². The molecule has 0 radical (unpaired) electrons. The Labute approximate surface area is 126 Å². The fourth-order valence-electron chi connectivity index (χ4n) is 3.09. The summed E-state index contributed by atoms with van der Waals surface area (Å²) in [4.78, 5) is 13.0. The first kappa shape index (κ1) is 14.6. The number of hydrogen-bond acceptors (Lipinski definition) is 6. The van der Waals surface area contributed by atoms with Crippen LogP contribution in [0.3, 0.4) is 0 Å². The summed E-state index contributed by atoms with van der Waals surface area (Å²) in [7, 11) is -0.950. The van der Waals surface area contributed by atoms with Crippen molar-refractivity contribution in [2.45, 2.75) is 31.7 Å². The summed E-state index contributed by atoms with van der Waals surface area (Å²) in [6, 6.07) is 2.01. The molecule has 21 heavy (non-hydrogen) atoms. The second-order valence-corrected chi connectivity index (χ2v) is 8.18. The molecule has 1 aromatic heterocycles. The third-order valence-electron chi connectivity index (χ3n) is 4.44. The van der Waals surface area contributed by atoms with E-state index in [-0.39, 0.29) is 17.5 Å². The van der Waals surface area contributed by atoms with Crippen molar-refractivity contribution >= 4 is 21.5 Å². The second kappa shape index (κ2) is 5.79. The molecule has 1 unspecified atom stereocenters. The minimum Gasteiger partial charge on any atom is -0.356 e. The van der Waals surface area contributed by atoms with Gasteiger partial charge in [-0.05, 0) is 25.7 Å². The number of aromatic nitrogens is 2. The summed E-state index contributed by atoms with van der Waals surface area (Å²) in [5, 5.41) is 0. The van der Waals surface area contributed by atoms with Crippen molar-refractivity contribution in [2.75, 3.05) is 41.4 Å². The number of anilines is 2. The zero-order chi connectivity index (χ0) is 14.9. The molecule has 2 aliphatic heterocycles. The van der Waals surface area contributed by atoms with E-state index in [1.54, 1.807) is 6.33 Å². The maximum absolute atomic E-state index is 11.6. The minimum absolute atomic E-state index is 0.0269. The highest BCUT2D eigenvalue weighted by atomic mass is 32.2. The molecule has 0 N–H and O–H groups in total. The van der Waals surface area contributed by atoms with Gasteiger partial charge in [0.25, 0.3) is 0 Å². The van der Waals surface area contributed by atoms with E-state index < -0.39 is 9.84 Å². The van der Waals surface area contributed by atoms with Crippen molar-refractivity contribution in [3.05, 3.63) is 12.4 Å². The van der Waals surface area contributed by atoms with E-state index in [4.69, 9.17) is 0 Å². The summed E-state index contributed by atoms with van der Waals surface area (Å²) < 4.78 is 23.2. The van der Waals surface area contributed by atoms with Crippen LogP contribution in [0.5, 0.6) is 0 Å². The van der Waals surface area contributed by atoms with E-state index in [1.807, 2.05) is 18.0 Å². The van der Waals surface area contributed by atoms with Gasteiger partial charge >= 0.3 is 0 Å². The van der Waals surface area contributed by atoms with Crippen LogP contribution in [0.2, 0.25) is 0 Å². The van der Waals surface area contributed by atoms with Gasteiger partial charge in [0.2, 0.25) is 0 Å². The second-order valence-electron chi connectivity index (χ2n) is 5.95. The molecule has 0 saturated carbocycles. The molecule has 2 aliphatic rings. The Bertz CT molecular complexity index is 599. The highest BCUT2D eigenvalue weighted by Crippen LogP contribution is 2.24. The van der Waals surface area contributed by atoms with Gasteiger partial charge in [0, 0.05) is 32.2 Å². The zero-order valence-electron chi connectivity index (χ0n) is 12.4. The lowest BCUT2D eigenvalue weighted by Gasteiger charge is -2.29. The van der Waals surface area contributed by atoms with E-state index in [1.165, 1.54) is 19.3 Å². The Kier molecular flexibility index (Phi) is 4.01. The van der Waals surface area contributed by atoms with E-state index in [9.17, 15) is 8.42 Å². The Morgan fingerprint density at radius 2 is 2.00 bits per heavy atom. The van der Waals surface area contributed by atoms with Gasteiger partial charge in [0.05, 0.1) is 11.5 Å². The molecule has 7 heteroatoms. The summed E-state index contributed by atoms with van der Waals surface area (Å²) >= 11 is 0. The normalized spacial score (nSPS) is 25.0. The number of rotatable bonds is 3. The van der Waals surface area contributed by atoms with E-state index in [0.29, 0.717) is 6.42 Å². The number of hydrogen-bond donors (Lipinski definition) is 0. The van der Waals surface area contributed by atoms with Gasteiger partial charge in [0.15, 0.2) is 9.84 Å². The molecule has 1 atom stereocenters. The molecule has 1 aromatic rings. The van der Waals surface area contributed by atoms with Gasteiger partial charge < -0.3 is 9.80 Å². The van der Waals surface area contributed by atoms with Crippen LogP contribution in [-0.4, -0.2) is 56.1 Å². The Hall–Kier alpha value is -1.37. The molecule has 3 rings (SSSR count). The summed E-state index contributed by atoms with van der Waals surface area (Å²) in [5.74, 6) is 2.28. The van der Waals surface area contributed by atoms with Gasteiger partial charge in [-0.25, -0.2) is 18.4 Å². The standard InChI is InChI=1S/C14H22N4O2S/c1-17(12-5-8-21(19,20)10-12)13-9-14(16-11-15-13)18-6-3-2-4-7-18/h9,11-12H,2-8,10H2,1H3. The zero-order valence-corrected chi connectivity index (χ0v) is 13.2. The third-order valence-corrected chi connectivity index (χ3v) is 6.19. The van der Waals surface area contributed by atoms with Crippen molar-refractivity contribution in [2.24, 2.45) is 0 Å². The van der Waals surface area contributed by atoms with Crippen LogP contribution in [0.1, 0.15) is 25.7 Å². The Morgan fingerprint density at radius 3 is 2.67 bits per heavy atom. The first-order chi connectivity index (χ1) is 10.1. The average Bonchev–Trinajstić information content (AvgIpc) is 2.88. The first-order valence-electron chi connectivity index (χ1n) is 7.55. The van der Waals surface area contributed by atoms with Crippen molar-refractivity contribution in [1.82, 2.24) is 9.97 Å². The molecule has 0 aromatic carbocycles. The van der Waals surface area contributed by atoms with Gasteiger partial charge in [-0.2, -0.15) is 0 Å². The predicted molar refractivity (Wildman–Crippen MR) is 83.6 cm³/mol. The molecule has 0 spiro atoms. The monoisotopic (exact) mass is 310 g/mol. The predicted octanol–water partition coefficient (Wildman–Crippen LogP) is 1.09. The van der Waals surface area contributed by atoms with E-state index in [0.717, 1.165) is 24.7 Å². The third kappa shape index (κ3) is 3.28. The van der Waals surface area contributed by atoms with Crippen LogP contribution in [0, 0.1) is 0 Å². The van der Waals surface area contributed by atoms with Gasteiger partial charge in [-0.15, -0.1) is 0 Å². The molecular formula is C14H22N4O2S. The largest absolute Gasteiger partial charge is 0.356 e. The fraction of sp³-hybridized carbons (Fsp3) is 0.714. The topological polar surface area (TPSA) is 66.4 Å². The SMILES string of the molecule is CN(c1cc(N2CCCCC2)ncn1)C1CCS(=O)(=O)C1. The average molecular weight is 310 g/mol. The molecule has 2 fully saturated rings. The minimum atomic E-state index is -2.87. The highest BCUT2D eigenvalue weighted by molar-refractivity contribution is 7.91. The smallest absolute Gasteiger partial charge is 0.152 e. The molecule has 2 saturated heterocycles. The summed E-state index contributed by atoms with van der Waals surface area (Å²) in [6.07, 6.45) is 5.96. The van der Waals surface area contributed by atoms with Gasteiger partial charge in [0.1, 0.15) is 18.0 Å².